The number of aliphatic hydroxyl groups is 1. The van der Waals surface area contributed by atoms with Gasteiger partial charge < -0.3 is 41.0 Å². The number of carbonyl (C=O) groups is 3. The fourth-order valence-electron chi connectivity index (χ4n) is 4.42. The van der Waals surface area contributed by atoms with Crippen molar-refractivity contribution in [1.29, 1.82) is 0 Å². The van der Waals surface area contributed by atoms with Gasteiger partial charge >= 0.3 is 6.03 Å². The highest BCUT2D eigenvalue weighted by atomic mass is 19.2. The third kappa shape index (κ3) is 6.61. The number of methoxy groups -OCH3 is 1. The van der Waals surface area contributed by atoms with Crippen molar-refractivity contribution in [3.05, 3.63) is 65.1 Å². The van der Waals surface area contributed by atoms with Crippen LogP contribution in [0.15, 0.2) is 36.5 Å². The molecule has 0 unspecified atom stereocenters. The van der Waals surface area contributed by atoms with Gasteiger partial charge in [0.25, 0.3) is 11.8 Å². The first kappa shape index (κ1) is 29.4. The standard InChI is InChI=1S/C27H31F2N7O5/c1-14-10-15(4-5-16(14)25(38)31-8-9-32-27(40)35-18-11-30-13-20(18)37)34-26(39)24-33-12-19(36(24)2)17-6-7-21(41-3)23(29)22(17)28/h4-7,10,12,18,20,30,37H,8-9,11,13H2,1-3H3,(H,31,38)(H,34,39)(H2,32,35,40)/t18-,20-/m0/s1. The van der Waals surface area contributed by atoms with Crippen LogP contribution >= 0.6 is 0 Å². The molecule has 0 radical (unpaired) electrons. The molecule has 1 aliphatic rings. The van der Waals surface area contributed by atoms with Crippen LogP contribution in [0.1, 0.15) is 26.5 Å². The van der Waals surface area contributed by atoms with Gasteiger partial charge in [0.1, 0.15) is 0 Å². The number of aryl methyl sites for hydroxylation is 1. The molecule has 6 N–H and O–H groups in total. The van der Waals surface area contributed by atoms with E-state index >= 15 is 0 Å². The molecule has 1 aliphatic heterocycles. The summed E-state index contributed by atoms with van der Waals surface area (Å²) in [6.45, 7) is 2.96. The first-order valence-electron chi connectivity index (χ1n) is 12.8. The maximum absolute atomic E-state index is 14.6. The van der Waals surface area contributed by atoms with E-state index in [-0.39, 0.29) is 47.9 Å². The van der Waals surface area contributed by atoms with E-state index in [0.29, 0.717) is 29.9 Å². The lowest BCUT2D eigenvalue weighted by molar-refractivity contribution is 0.0952. The number of rotatable bonds is 9. The second kappa shape index (κ2) is 12.7. The maximum atomic E-state index is 14.6. The Hall–Kier alpha value is -4.56. The number of carbonyl (C=O) groups excluding carboxylic acids is 3. The van der Waals surface area contributed by atoms with Crippen molar-refractivity contribution in [2.45, 2.75) is 19.1 Å². The summed E-state index contributed by atoms with van der Waals surface area (Å²) < 4.78 is 34.9. The van der Waals surface area contributed by atoms with Crippen molar-refractivity contribution in [3.8, 4) is 17.0 Å². The molecule has 3 aromatic rings. The number of aliphatic hydroxyl groups excluding tert-OH is 1. The van der Waals surface area contributed by atoms with Crippen molar-refractivity contribution < 1.29 is 33.0 Å². The van der Waals surface area contributed by atoms with E-state index in [0.717, 1.165) is 0 Å². The van der Waals surface area contributed by atoms with Crippen LogP contribution in [0.2, 0.25) is 0 Å². The van der Waals surface area contributed by atoms with Gasteiger partial charge in [-0.1, -0.05) is 0 Å². The highest BCUT2D eigenvalue weighted by Crippen LogP contribution is 2.30. The largest absolute Gasteiger partial charge is 0.494 e. The summed E-state index contributed by atoms with van der Waals surface area (Å²) in [7, 11) is 2.74. The zero-order chi connectivity index (χ0) is 29.7. The number of benzene rings is 2. The summed E-state index contributed by atoms with van der Waals surface area (Å²) in [4.78, 5) is 41.5. The maximum Gasteiger partial charge on any atom is 0.315 e. The van der Waals surface area contributed by atoms with Gasteiger partial charge in [0.15, 0.2) is 17.4 Å². The Morgan fingerprint density at radius 3 is 2.54 bits per heavy atom. The Labute approximate surface area is 234 Å². The number of hydrogen-bond donors (Lipinski definition) is 6. The average molecular weight is 572 g/mol. The molecular formula is C27H31F2N7O5. The average Bonchev–Trinajstić information content (AvgIpc) is 3.52. The number of β-amino-alcohol motifs (C(OH)–C–C–N with tert-alkyl or cyclic N) is 1. The number of nitrogens with zero attached hydrogens (tertiary/aromatic N) is 2. The molecule has 0 spiro atoms. The number of imidazole rings is 1. The second-order valence-electron chi connectivity index (χ2n) is 9.44. The van der Waals surface area contributed by atoms with Crippen molar-refractivity contribution in [2.24, 2.45) is 7.05 Å². The predicted octanol–water partition coefficient (Wildman–Crippen LogP) is 1.30. The van der Waals surface area contributed by atoms with Gasteiger partial charge in [-0.25, -0.2) is 14.2 Å². The summed E-state index contributed by atoms with van der Waals surface area (Å²) in [5, 5.41) is 23.4. The van der Waals surface area contributed by atoms with Gasteiger partial charge in [-0.05, 0) is 42.8 Å². The lowest BCUT2D eigenvalue weighted by Crippen LogP contribution is -2.48. The molecule has 0 saturated carbocycles. The number of amides is 4. The van der Waals surface area contributed by atoms with E-state index in [9.17, 15) is 28.3 Å². The summed E-state index contributed by atoms with van der Waals surface area (Å²) in [5.74, 6) is -3.49. The number of halogens is 2. The number of ether oxygens (including phenoxy) is 1. The minimum Gasteiger partial charge on any atom is -0.494 e. The number of hydrogen-bond acceptors (Lipinski definition) is 7. The van der Waals surface area contributed by atoms with Gasteiger partial charge in [-0.3, -0.25) is 9.59 Å². The van der Waals surface area contributed by atoms with E-state index in [2.05, 4.69) is 31.6 Å². The van der Waals surface area contributed by atoms with Crippen LogP contribution < -0.4 is 31.3 Å². The third-order valence-electron chi connectivity index (χ3n) is 6.66. The smallest absolute Gasteiger partial charge is 0.315 e. The molecule has 0 bridgehead atoms. The Morgan fingerprint density at radius 2 is 1.85 bits per heavy atom. The van der Waals surface area contributed by atoms with Crippen molar-refractivity contribution in [3.63, 3.8) is 0 Å². The molecule has 4 rings (SSSR count). The lowest BCUT2D eigenvalue weighted by atomic mass is 10.1. The van der Waals surface area contributed by atoms with Crippen LogP contribution in [0.25, 0.3) is 11.3 Å². The molecule has 2 aromatic carbocycles. The fourth-order valence-corrected chi connectivity index (χ4v) is 4.42. The molecule has 1 aromatic heterocycles. The minimum absolute atomic E-state index is 0.0367. The first-order valence-corrected chi connectivity index (χ1v) is 12.8. The predicted molar refractivity (Wildman–Crippen MR) is 146 cm³/mol. The molecule has 1 saturated heterocycles. The molecular weight excluding hydrogens is 540 g/mol. The summed E-state index contributed by atoms with van der Waals surface area (Å²) in [6.07, 6.45) is 0.623. The molecule has 1 fully saturated rings. The van der Waals surface area contributed by atoms with Crippen LogP contribution in [0, 0.1) is 18.6 Å². The molecule has 218 valence electrons. The van der Waals surface area contributed by atoms with Crippen LogP contribution in [-0.2, 0) is 7.05 Å². The highest BCUT2D eigenvalue weighted by molar-refractivity contribution is 6.03. The topological polar surface area (TPSA) is 159 Å². The summed E-state index contributed by atoms with van der Waals surface area (Å²) >= 11 is 0. The molecule has 2 heterocycles. The quantitative estimate of drug-likeness (QED) is 0.211. The van der Waals surface area contributed by atoms with E-state index < -0.39 is 29.7 Å². The summed E-state index contributed by atoms with van der Waals surface area (Å²) in [6, 6.07) is 6.53. The van der Waals surface area contributed by atoms with E-state index in [1.807, 2.05) is 0 Å². The van der Waals surface area contributed by atoms with Crippen LogP contribution in [0.3, 0.4) is 0 Å². The van der Waals surface area contributed by atoms with Gasteiger partial charge in [0.05, 0.1) is 31.1 Å². The normalized spacial score (nSPS) is 16.2. The Morgan fingerprint density at radius 1 is 1.10 bits per heavy atom. The summed E-state index contributed by atoms with van der Waals surface area (Å²) in [5.41, 5.74) is 1.48. The van der Waals surface area contributed by atoms with E-state index in [4.69, 9.17) is 4.74 Å². The number of anilines is 1. The molecule has 14 heteroatoms. The zero-order valence-corrected chi connectivity index (χ0v) is 22.7. The Kier molecular flexibility index (Phi) is 9.14. The van der Waals surface area contributed by atoms with Crippen molar-refractivity contribution >= 4 is 23.5 Å². The molecule has 41 heavy (non-hydrogen) atoms. The SMILES string of the molecule is COc1ccc(-c2cnc(C(=O)Nc3ccc(C(=O)NCCNC(=O)N[C@H]4CNC[C@@H]4O)c(C)c3)n2C)c(F)c1F. The Balaban J connectivity index is 1.32. The molecule has 12 nitrogen and oxygen atoms in total. The number of urea groups is 1. The zero-order valence-electron chi connectivity index (χ0n) is 22.7. The number of nitrogens with one attached hydrogen (secondary N) is 5. The van der Waals surface area contributed by atoms with Crippen molar-refractivity contribution in [2.75, 3.05) is 38.6 Å². The molecule has 4 amide bonds. The van der Waals surface area contributed by atoms with Gasteiger partial charge in [0.2, 0.25) is 5.82 Å². The fraction of sp³-hybridized carbons (Fsp3) is 0.333. The van der Waals surface area contributed by atoms with Crippen molar-refractivity contribution in [1.82, 2.24) is 30.8 Å². The lowest BCUT2D eigenvalue weighted by Gasteiger charge is -2.16. The minimum atomic E-state index is -1.14. The van der Waals surface area contributed by atoms with E-state index in [1.165, 1.54) is 37.1 Å². The van der Waals surface area contributed by atoms with Gasteiger partial charge in [-0.2, -0.15) is 4.39 Å². The van der Waals surface area contributed by atoms with E-state index in [1.54, 1.807) is 25.1 Å². The van der Waals surface area contributed by atoms with Crippen LogP contribution in [0.4, 0.5) is 19.3 Å². The molecule has 0 aliphatic carbocycles. The van der Waals surface area contributed by atoms with Crippen LogP contribution in [-0.4, -0.2) is 77.9 Å². The first-order chi connectivity index (χ1) is 19.6. The molecule has 2 atom stereocenters. The number of aromatic nitrogens is 2. The highest BCUT2D eigenvalue weighted by Gasteiger charge is 2.26. The van der Waals surface area contributed by atoms with Crippen LogP contribution in [0.5, 0.6) is 5.75 Å². The van der Waals surface area contributed by atoms with Gasteiger partial charge in [0, 0.05) is 50.0 Å². The third-order valence-corrected chi connectivity index (χ3v) is 6.66. The second-order valence-corrected chi connectivity index (χ2v) is 9.44. The Bertz CT molecular complexity index is 1460. The van der Waals surface area contributed by atoms with Gasteiger partial charge in [-0.15, -0.1) is 0 Å². The monoisotopic (exact) mass is 571 g/mol.